The molecule has 1 heterocycles. The lowest BCUT2D eigenvalue weighted by Gasteiger charge is -2.07. The number of hydrogen-bond donors (Lipinski definition) is 1. The first-order valence-electron chi connectivity index (χ1n) is 5.33. The van der Waals surface area contributed by atoms with Gasteiger partial charge in [-0.1, -0.05) is 11.6 Å². The largest absolute Gasteiger partial charge is 0.369 e. The van der Waals surface area contributed by atoms with E-state index in [4.69, 9.17) is 11.6 Å². The minimum absolute atomic E-state index is 0.677. The van der Waals surface area contributed by atoms with Gasteiger partial charge < -0.3 is 5.32 Å². The number of rotatable bonds is 3. The number of benzene rings is 1. The van der Waals surface area contributed by atoms with Gasteiger partial charge in [-0.25, -0.2) is 9.97 Å². The van der Waals surface area contributed by atoms with Gasteiger partial charge in [-0.3, -0.25) is 0 Å². The molecule has 2 rings (SSSR count). The Morgan fingerprint density at radius 2 is 2.22 bits per heavy atom. The lowest BCUT2D eigenvalue weighted by Crippen LogP contribution is -2.03. The summed E-state index contributed by atoms with van der Waals surface area (Å²) in [5.41, 5.74) is 0.932. The fraction of sp³-hybridized carbons (Fsp3) is 0.167. The van der Waals surface area contributed by atoms with E-state index in [0.717, 1.165) is 26.0 Å². The van der Waals surface area contributed by atoms with Crippen molar-refractivity contribution in [2.24, 2.45) is 0 Å². The van der Waals surface area contributed by atoms with Crippen LogP contribution >= 0.6 is 50.1 Å². The molecule has 0 aliphatic rings. The smallest absolute Gasteiger partial charge is 0.161 e. The van der Waals surface area contributed by atoms with E-state index >= 15 is 0 Å². The van der Waals surface area contributed by atoms with E-state index in [9.17, 15) is 0 Å². The van der Waals surface area contributed by atoms with Crippen molar-refractivity contribution in [3.8, 4) is 11.4 Å². The number of nitrogens with one attached hydrogen (secondary N) is 1. The Kier molecular flexibility index (Phi) is 4.80. The van der Waals surface area contributed by atoms with Crippen LogP contribution in [0.5, 0.6) is 0 Å². The van der Waals surface area contributed by atoms with Crippen molar-refractivity contribution in [2.45, 2.75) is 6.92 Å². The Hall–Kier alpha value is -0.400. The van der Waals surface area contributed by atoms with E-state index in [0.29, 0.717) is 10.8 Å². The molecule has 6 heteroatoms. The first-order chi connectivity index (χ1) is 8.61. The standard InChI is InChI=1S/C12H10BrClIN3/c1-2-16-12-10(15)6-17-11(18-12)7-3-4-9(14)8(13)5-7/h3-6H,2H2,1H3,(H,16,17,18). The van der Waals surface area contributed by atoms with Crippen molar-refractivity contribution in [1.82, 2.24) is 9.97 Å². The molecule has 0 aliphatic heterocycles. The monoisotopic (exact) mass is 437 g/mol. The number of hydrogen-bond acceptors (Lipinski definition) is 3. The number of halogens is 3. The number of nitrogens with zero attached hydrogens (tertiary/aromatic N) is 2. The van der Waals surface area contributed by atoms with Crippen LogP contribution < -0.4 is 5.32 Å². The molecule has 0 fully saturated rings. The van der Waals surface area contributed by atoms with Crippen molar-refractivity contribution in [1.29, 1.82) is 0 Å². The highest BCUT2D eigenvalue weighted by atomic mass is 127. The molecule has 2 aromatic rings. The first-order valence-corrected chi connectivity index (χ1v) is 7.58. The minimum Gasteiger partial charge on any atom is -0.369 e. The summed E-state index contributed by atoms with van der Waals surface area (Å²) in [6.07, 6.45) is 1.81. The van der Waals surface area contributed by atoms with E-state index < -0.39 is 0 Å². The molecule has 18 heavy (non-hydrogen) atoms. The van der Waals surface area contributed by atoms with Gasteiger partial charge in [0.15, 0.2) is 5.82 Å². The summed E-state index contributed by atoms with van der Waals surface area (Å²) >= 11 is 11.6. The van der Waals surface area contributed by atoms with Crippen LogP contribution in [0.25, 0.3) is 11.4 Å². The van der Waals surface area contributed by atoms with E-state index in [-0.39, 0.29) is 0 Å². The molecule has 0 bridgehead atoms. The van der Waals surface area contributed by atoms with E-state index in [1.807, 2.05) is 31.3 Å². The Bertz CT molecular complexity index is 577. The fourth-order valence-electron chi connectivity index (χ4n) is 1.43. The van der Waals surface area contributed by atoms with Crippen LogP contribution in [-0.4, -0.2) is 16.5 Å². The molecule has 0 saturated carbocycles. The minimum atomic E-state index is 0.677. The maximum atomic E-state index is 5.97. The molecule has 0 amide bonds. The third kappa shape index (κ3) is 3.13. The zero-order chi connectivity index (χ0) is 13.1. The number of aromatic nitrogens is 2. The summed E-state index contributed by atoms with van der Waals surface area (Å²) < 4.78 is 1.85. The summed E-state index contributed by atoms with van der Waals surface area (Å²) in [6, 6.07) is 5.65. The quantitative estimate of drug-likeness (QED) is 0.712. The highest BCUT2D eigenvalue weighted by Crippen LogP contribution is 2.28. The van der Waals surface area contributed by atoms with Gasteiger partial charge in [0.05, 0.1) is 8.59 Å². The number of anilines is 1. The van der Waals surface area contributed by atoms with Crippen LogP contribution in [0.4, 0.5) is 5.82 Å². The molecule has 94 valence electrons. The Morgan fingerprint density at radius 1 is 1.44 bits per heavy atom. The van der Waals surface area contributed by atoms with Crippen molar-refractivity contribution in [3.63, 3.8) is 0 Å². The zero-order valence-corrected chi connectivity index (χ0v) is 14.0. The second-order valence-corrected chi connectivity index (χ2v) is 5.97. The summed E-state index contributed by atoms with van der Waals surface area (Å²) in [5, 5.41) is 3.89. The van der Waals surface area contributed by atoms with Gasteiger partial charge in [-0.05, 0) is 63.6 Å². The van der Waals surface area contributed by atoms with Gasteiger partial charge >= 0.3 is 0 Å². The van der Waals surface area contributed by atoms with E-state index in [1.54, 1.807) is 0 Å². The predicted molar refractivity (Wildman–Crippen MR) is 87.1 cm³/mol. The van der Waals surface area contributed by atoms with Gasteiger partial charge in [-0.15, -0.1) is 0 Å². The van der Waals surface area contributed by atoms with Crippen LogP contribution in [0.3, 0.4) is 0 Å². The molecule has 0 radical (unpaired) electrons. The van der Waals surface area contributed by atoms with Crippen LogP contribution in [-0.2, 0) is 0 Å². The van der Waals surface area contributed by atoms with Crippen molar-refractivity contribution < 1.29 is 0 Å². The summed E-state index contributed by atoms with van der Waals surface area (Å²) in [6.45, 7) is 2.87. The van der Waals surface area contributed by atoms with Gasteiger partial charge in [0.25, 0.3) is 0 Å². The molecule has 0 atom stereocenters. The average Bonchev–Trinajstić information content (AvgIpc) is 2.36. The van der Waals surface area contributed by atoms with Crippen molar-refractivity contribution in [2.75, 3.05) is 11.9 Å². The average molecular weight is 438 g/mol. The van der Waals surface area contributed by atoms with Crippen LogP contribution in [0.15, 0.2) is 28.9 Å². The third-order valence-electron chi connectivity index (χ3n) is 2.27. The van der Waals surface area contributed by atoms with Gasteiger partial charge in [0.2, 0.25) is 0 Å². The molecular formula is C12H10BrClIN3. The second kappa shape index (κ2) is 6.16. The lowest BCUT2D eigenvalue weighted by atomic mass is 10.2. The highest BCUT2D eigenvalue weighted by Gasteiger charge is 2.08. The summed E-state index contributed by atoms with van der Waals surface area (Å²) in [7, 11) is 0. The second-order valence-electron chi connectivity index (χ2n) is 3.55. The molecule has 1 aromatic heterocycles. The molecule has 3 nitrogen and oxygen atoms in total. The van der Waals surface area contributed by atoms with Crippen molar-refractivity contribution >= 4 is 55.9 Å². The maximum Gasteiger partial charge on any atom is 0.161 e. The van der Waals surface area contributed by atoms with Crippen LogP contribution in [0.2, 0.25) is 5.02 Å². The fourth-order valence-corrected chi connectivity index (χ4v) is 2.38. The highest BCUT2D eigenvalue weighted by molar-refractivity contribution is 14.1. The molecule has 0 saturated heterocycles. The predicted octanol–water partition coefficient (Wildman–Crippen LogP) is 4.60. The SMILES string of the molecule is CCNc1nc(-c2ccc(Cl)c(Br)c2)ncc1I. The molecule has 0 unspecified atom stereocenters. The van der Waals surface area contributed by atoms with E-state index in [1.165, 1.54) is 0 Å². The lowest BCUT2D eigenvalue weighted by molar-refractivity contribution is 1.10. The van der Waals surface area contributed by atoms with Crippen LogP contribution in [0, 0.1) is 3.57 Å². The molecule has 0 spiro atoms. The normalized spacial score (nSPS) is 10.4. The summed E-state index contributed by atoms with van der Waals surface area (Å²) in [5.74, 6) is 1.54. The summed E-state index contributed by atoms with van der Waals surface area (Å²) in [4.78, 5) is 8.85. The van der Waals surface area contributed by atoms with Gasteiger partial charge in [0, 0.05) is 22.8 Å². The van der Waals surface area contributed by atoms with Crippen molar-refractivity contribution in [3.05, 3.63) is 37.5 Å². The Morgan fingerprint density at radius 3 is 2.89 bits per heavy atom. The van der Waals surface area contributed by atoms with Gasteiger partial charge in [0.1, 0.15) is 5.82 Å². The Balaban J connectivity index is 2.44. The molecule has 0 aliphatic carbocycles. The third-order valence-corrected chi connectivity index (χ3v) is 4.27. The molecule has 1 N–H and O–H groups in total. The van der Waals surface area contributed by atoms with Crippen LogP contribution in [0.1, 0.15) is 6.92 Å². The first kappa shape index (κ1) is 14.0. The maximum absolute atomic E-state index is 5.97. The zero-order valence-electron chi connectivity index (χ0n) is 9.54. The van der Waals surface area contributed by atoms with E-state index in [2.05, 4.69) is 53.8 Å². The molecular weight excluding hydrogens is 428 g/mol. The van der Waals surface area contributed by atoms with Gasteiger partial charge in [-0.2, -0.15) is 0 Å². The molecule has 1 aromatic carbocycles. The topological polar surface area (TPSA) is 37.8 Å². The Labute approximate surface area is 133 Å².